The van der Waals surface area contributed by atoms with E-state index in [1.165, 1.54) is 134 Å². The summed E-state index contributed by atoms with van der Waals surface area (Å²) in [5.41, 5.74) is 2.12. The number of hydrogen-bond donors (Lipinski definition) is 0. The van der Waals surface area contributed by atoms with Gasteiger partial charge in [-0.2, -0.15) is 0 Å². The van der Waals surface area contributed by atoms with Crippen LogP contribution in [0.15, 0.2) is 24.3 Å². The highest BCUT2D eigenvalue weighted by Gasteiger charge is 2.54. The summed E-state index contributed by atoms with van der Waals surface area (Å²) in [6.45, 7) is 16.9. The first-order chi connectivity index (χ1) is 22.6. The lowest BCUT2D eigenvalue weighted by Crippen LogP contribution is -2.50. The summed E-state index contributed by atoms with van der Waals surface area (Å²) < 4.78 is 0. The van der Waals surface area contributed by atoms with Crippen LogP contribution in [0.4, 0.5) is 0 Å². The summed E-state index contributed by atoms with van der Waals surface area (Å²) in [5, 5.41) is 0. The molecule has 270 valence electrons. The van der Waals surface area contributed by atoms with Gasteiger partial charge in [-0.25, -0.2) is 0 Å². The van der Waals surface area contributed by atoms with Crippen molar-refractivity contribution in [2.75, 3.05) is 0 Å². The van der Waals surface area contributed by atoms with Crippen LogP contribution in [-0.2, 0) is 4.87 Å². The molecular formula is C45H77ClO. The fourth-order valence-electron chi connectivity index (χ4n) is 9.90. The second kappa shape index (κ2) is 21.4. The number of carbonyl (C=O) groups is 1. The van der Waals surface area contributed by atoms with Crippen LogP contribution in [-0.4, -0.2) is 5.78 Å². The molecule has 2 aliphatic rings. The Morgan fingerprint density at radius 1 is 0.660 bits per heavy atom. The summed E-state index contributed by atoms with van der Waals surface area (Å²) in [5.74, 6) is 4.94. The predicted molar refractivity (Wildman–Crippen MR) is 208 cm³/mol. The van der Waals surface area contributed by atoms with Gasteiger partial charge < -0.3 is 0 Å². The van der Waals surface area contributed by atoms with Gasteiger partial charge in [-0.15, -0.1) is 11.6 Å². The number of alkyl halides is 1. The fraction of sp³-hybridized carbons (Fsp3) is 0.844. The van der Waals surface area contributed by atoms with Gasteiger partial charge in [-0.3, -0.25) is 4.79 Å². The van der Waals surface area contributed by atoms with Crippen molar-refractivity contribution in [1.82, 2.24) is 0 Å². The van der Waals surface area contributed by atoms with E-state index in [1.807, 2.05) is 0 Å². The van der Waals surface area contributed by atoms with E-state index in [2.05, 4.69) is 72.7 Å². The van der Waals surface area contributed by atoms with E-state index in [0.717, 1.165) is 12.0 Å². The number of benzene rings is 1. The van der Waals surface area contributed by atoms with Crippen molar-refractivity contribution >= 4 is 17.4 Å². The van der Waals surface area contributed by atoms with Gasteiger partial charge >= 0.3 is 0 Å². The average Bonchev–Trinajstić information content (AvgIpc) is 3.05. The van der Waals surface area contributed by atoms with Gasteiger partial charge in [0.05, 0.1) is 4.87 Å². The monoisotopic (exact) mass is 669 g/mol. The lowest BCUT2D eigenvalue weighted by Gasteiger charge is -2.54. The molecule has 3 rings (SSSR count). The largest absolute Gasteiger partial charge is 0.294 e. The van der Waals surface area contributed by atoms with E-state index in [-0.39, 0.29) is 0 Å². The molecule has 0 spiro atoms. The zero-order valence-corrected chi connectivity index (χ0v) is 33.0. The number of halogens is 1. The van der Waals surface area contributed by atoms with Gasteiger partial charge in [-0.1, -0.05) is 175 Å². The molecule has 6 unspecified atom stereocenters. The first kappa shape index (κ1) is 40.6. The Morgan fingerprint density at radius 2 is 1.06 bits per heavy atom. The molecule has 0 bridgehead atoms. The van der Waals surface area contributed by atoms with Crippen molar-refractivity contribution < 1.29 is 4.79 Å². The zero-order valence-electron chi connectivity index (χ0n) is 32.3. The summed E-state index contributed by atoms with van der Waals surface area (Å²) in [6, 6.07) is 8.67. The maximum atomic E-state index is 14.1. The molecule has 1 aromatic rings. The molecule has 0 aromatic heterocycles. The molecule has 0 saturated heterocycles. The van der Waals surface area contributed by atoms with Crippen molar-refractivity contribution in [3.8, 4) is 0 Å². The van der Waals surface area contributed by atoms with Gasteiger partial charge in [0.25, 0.3) is 0 Å². The van der Waals surface area contributed by atoms with Crippen LogP contribution in [0.1, 0.15) is 206 Å². The molecule has 1 nitrogen and oxygen atoms in total. The number of ketones is 1. The molecule has 2 fully saturated rings. The van der Waals surface area contributed by atoms with E-state index in [4.69, 9.17) is 11.6 Å². The van der Waals surface area contributed by atoms with Crippen molar-refractivity contribution in [3.05, 3.63) is 35.4 Å². The predicted octanol–water partition coefficient (Wildman–Crippen LogP) is 15.0. The molecule has 0 heterocycles. The lowest BCUT2D eigenvalue weighted by atomic mass is 9.54. The maximum Gasteiger partial charge on any atom is 0.163 e. The van der Waals surface area contributed by atoms with Crippen molar-refractivity contribution in [3.63, 3.8) is 0 Å². The minimum Gasteiger partial charge on any atom is -0.294 e. The molecular weight excluding hydrogens is 592 g/mol. The van der Waals surface area contributed by atoms with Gasteiger partial charge in [0, 0.05) is 12.0 Å². The Balaban J connectivity index is 1.63. The Morgan fingerprint density at radius 3 is 1.49 bits per heavy atom. The summed E-state index contributed by atoms with van der Waals surface area (Å²) in [6.07, 6.45) is 28.4. The molecule has 2 saturated carbocycles. The fourth-order valence-corrected chi connectivity index (χ4v) is 10.6. The van der Waals surface area contributed by atoms with E-state index < -0.39 is 4.87 Å². The summed E-state index contributed by atoms with van der Waals surface area (Å²) in [7, 11) is 0. The number of carbonyl (C=O) groups excluding carboxylic acids is 1. The van der Waals surface area contributed by atoms with E-state index in [9.17, 15) is 4.79 Å². The van der Waals surface area contributed by atoms with E-state index in [1.54, 1.807) is 0 Å². The highest BCUT2D eigenvalue weighted by Crippen LogP contribution is 2.60. The van der Waals surface area contributed by atoms with Crippen LogP contribution in [0.25, 0.3) is 0 Å². The Kier molecular flexibility index (Phi) is 18.5. The molecule has 0 aliphatic heterocycles. The molecule has 0 amide bonds. The van der Waals surface area contributed by atoms with Crippen LogP contribution in [0.3, 0.4) is 0 Å². The topological polar surface area (TPSA) is 17.1 Å². The van der Waals surface area contributed by atoms with Crippen molar-refractivity contribution in [1.29, 1.82) is 0 Å². The van der Waals surface area contributed by atoms with Gasteiger partial charge in [-0.05, 0) is 85.0 Å². The second-order valence-corrected chi connectivity index (χ2v) is 17.9. The van der Waals surface area contributed by atoms with Gasteiger partial charge in [0.2, 0.25) is 0 Å². The number of hydrogen-bond acceptors (Lipinski definition) is 1. The van der Waals surface area contributed by atoms with E-state index >= 15 is 0 Å². The molecule has 1 aromatic carbocycles. The third kappa shape index (κ3) is 12.2. The second-order valence-electron chi connectivity index (χ2n) is 17.3. The zero-order chi connectivity index (χ0) is 34.2. The number of rotatable bonds is 22. The number of unbranched alkanes of at least 4 members (excludes halogenated alkanes) is 14. The van der Waals surface area contributed by atoms with Crippen LogP contribution < -0.4 is 0 Å². The minimum atomic E-state index is -0.492. The minimum absolute atomic E-state index is 0.329. The molecule has 0 radical (unpaired) electrons. The summed E-state index contributed by atoms with van der Waals surface area (Å²) in [4.78, 5) is 13.6. The first-order valence-electron chi connectivity index (χ1n) is 20.9. The van der Waals surface area contributed by atoms with Crippen LogP contribution in [0.2, 0.25) is 0 Å². The average molecular weight is 670 g/mol. The first-order valence-corrected chi connectivity index (χ1v) is 21.3. The highest BCUT2D eigenvalue weighted by atomic mass is 35.5. The van der Waals surface area contributed by atoms with Gasteiger partial charge in [0.15, 0.2) is 5.78 Å². The quantitative estimate of drug-likeness (QED) is 0.0682. The van der Waals surface area contributed by atoms with Crippen LogP contribution in [0, 0.1) is 47.3 Å². The summed E-state index contributed by atoms with van der Waals surface area (Å²) >= 11 is 8.43. The molecule has 6 atom stereocenters. The third-order valence-corrected chi connectivity index (χ3v) is 13.5. The molecule has 0 N–H and O–H groups in total. The van der Waals surface area contributed by atoms with E-state index in [0.29, 0.717) is 59.5 Å². The SMILES string of the molecule is CCCCCCCCCCCCCCCCCC(=O)c1ccccc1C(Cl)(C1CC(C)CCC1C(C)C)C1CC(C)CCC1C(C)C. The van der Waals surface area contributed by atoms with Crippen LogP contribution >= 0.6 is 11.6 Å². The number of Topliss-reactive ketones (excluding diaryl/α,β-unsaturated/α-hetero) is 1. The highest BCUT2D eigenvalue weighted by molar-refractivity contribution is 6.25. The Hall–Kier alpha value is -0.820. The van der Waals surface area contributed by atoms with Gasteiger partial charge in [0.1, 0.15) is 0 Å². The Labute approximate surface area is 298 Å². The maximum absolute atomic E-state index is 14.1. The third-order valence-electron chi connectivity index (χ3n) is 12.8. The van der Waals surface area contributed by atoms with Crippen molar-refractivity contribution in [2.45, 2.75) is 195 Å². The molecule has 2 heteroatoms. The van der Waals surface area contributed by atoms with Crippen molar-refractivity contribution in [2.24, 2.45) is 47.3 Å². The van der Waals surface area contributed by atoms with Crippen LogP contribution in [0.5, 0.6) is 0 Å². The molecule has 2 aliphatic carbocycles. The smallest absolute Gasteiger partial charge is 0.163 e. The molecule has 47 heavy (non-hydrogen) atoms. The standard InChI is InChI=1S/C45H77ClO/c1-8-9-10-11-12-13-14-15-16-17-18-19-20-21-22-27-44(47)40-25-23-24-26-41(40)45(46,42-32-36(6)28-30-38(42)34(2)3)43-33-37(7)29-31-39(43)35(4)5/h23-26,34-39,42-43H,8-22,27-33H2,1-7H3. The Bertz CT molecular complexity index is 963. The lowest BCUT2D eigenvalue weighted by molar-refractivity contribution is 0.0209. The normalized spacial score (nSPS) is 26.5.